The minimum absolute atomic E-state index is 0.0296. The van der Waals surface area contributed by atoms with Crippen molar-refractivity contribution < 1.29 is 29.1 Å². The van der Waals surface area contributed by atoms with Gasteiger partial charge in [-0.15, -0.1) is 0 Å². The number of carbonyl (C=O) groups is 5. The van der Waals surface area contributed by atoms with Crippen LogP contribution in [0.1, 0.15) is 58.9 Å². The molecule has 220 valence electrons. The Morgan fingerprint density at radius 2 is 1.52 bits per heavy atom. The van der Waals surface area contributed by atoms with Crippen LogP contribution >= 0.6 is 0 Å². The molecule has 12 heteroatoms. The molecule has 40 heavy (non-hydrogen) atoms. The summed E-state index contributed by atoms with van der Waals surface area (Å²) >= 11 is 0. The van der Waals surface area contributed by atoms with Gasteiger partial charge in [-0.1, -0.05) is 52.3 Å². The van der Waals surface area contributed by atoms with Crippen molar-refractivity contribution >= 4 is 40.5 Å². The fourth-order valence-electron chi connectivity index (χ4n) is 4.30. The zero-order chi connectivity index (χ0) is 30.0. The van der Waals surface area contributed by atoms with Crippen LogP contribution in [0.4, 0.5) is 0 Å². The summed E-state index contributed by atoms with van der Waals surface area (Å²) in [5, 5.41) is 18.3. The van der Waals surface area contributed by atoms with E-state index in [9.17, 15) is 29.1 Å². The maximum absolute atomic E-state index is 13.5. The normalized spacial score (nSPS) is 15.1. The molecule has 0 aliphatic rings. The molecule has 1 heterocycles. The third-order valence-electron chi connectivity index (χ3n) is 6.93. The number of hydrogen-bond donors (Lipinski definition) is 7. The van der Waals surface area contributed by atoms with Crippen LogP contribution in [0.25, 0.3) is 10.9 Å². The van der Waals surface area contributed by atoms with Gasteiger partial charge in [-0.2, -0.15) is 0 Å². The van der Waals surface area contributed by atoms with Gasteiger partial charge in [-0.25, -0.2) is 4.79 Å². The lowest BCUT2D eigenvalue weighted by Gasteiger charge is -2.27. The summed E-state index contributed by atoms with van der Waals surface area (Å²) in [6.45, 7) is 7.55. The lowest BCUT2D eigenvalue weighted by molar-refractivity contribution is -0.142. The highest BCUT2D eigenvalue weighted by molar-refractivity contribution is 5.95. The van der Waals surface area contributed by atoms with Crippen LogP contribution in [0.3, 0.4) is 0 Å². The predicted molar refractivity (Wildman–Crippen MR) is 151 cm³/mol. The van der Waals surface area contributed by atoms with Gasteiger partial charge in [-0.05, 0) is 36.3 Å². The average Bonchev–Trinajstić information content (AvgIpc) is 3.31. The molecule has 2 aromatic rings. The van der Waals surface area contributed by atoms with E-state index in [1.807, 2.05) is 52.0 Å². The van der Waals surface area contributed by atoms with Gasteiger partial charge in [0.15, 0.2) is 0 Å². The van der Waals surface area contributed by atoms with Crippen molar-refractivity contribution in [1.82, 2.24) is 20.9 Å². The van der Waals surface area contributed by atoms with E-state index in [0.717, 1.165) is 16.5 Å². The van der Waals surface area contributed by atoms with Gasteiger partial charge in [0.05, 0.1) is 6.04 Å². The number of para-hydroxylation sites is 1. The number of nitrogens with two attached hydrogens (primary N) is 2. The SMILES string of the molecule is CCC(C)C(N)C(=O)NC(CC(C)C)C(=O)NC(Cc1c[nH]c2ccccc12)C(=O)NC(CCC(N)=O)C(=O)O. The lowest BCUT2D eigenvalue weighted by Crippen LogP contribution is -2.58. The first-order valence-corrected chi connectivity index (χ1v) is 13.6. The second kappa shape index (κ2) is 15.0. The van der Waals surface area contributed by atoms with Gasteiger partial charge in [-0.3, -0.25) is 19.2 Å². The van der Waals surface area contributed by atoms with Crippen molar-refractivity contribution in [2.75, 3.05) is 0 Å². The van der Waals surface area contributed by atoms with Gasteiger partial charge in [0.2, 0.25) is 23.6 Å². The largest absolute Gasteiger partial charge is 0.480 e. The Labute approximate surface area is 234 Å². The number of carboxylic acid groups (broad SMARTS) is 1. The number of aliphatic carboxylic acids is 1. The van der Waals surface area contributed by atoms with Crippen molar-refractivity contribution in [1.29, 1.82) is 0 Å². The Morgan fingerprint density at radius 3 is 2.12 bits per heavy atom. The molecule has 0 aliphatic heterocycles. The van der Waals surface area contributed by atoms with Crippen molar-refractivity contribution in [2.24, 2.45) is 23.3 Å². The highest BCUT2D eigenvalue weighted by Crippen LogP contribution is 2.20. The molecule has 0 radical (unpaired) electrons. The Bertz CT molecular complexity index is 1190. The molecule has 1 aromatic heterocycles. The number of fused-ring (bicyclic) bond motifs is 1. The van der Waals surface area contributed by atoms with E-state index >= 15 is 0 Å². The molecule has 2 rings (SSSR count). The second-order valence-corrected chi connectivity index (χ2v) is 10.6. The van der Waals surface area contributed by atoms with E-state index in [4.69, 9.17) is 11.5 Å². The number of hydrogen-bond acceptors (Lipinski definition) is 6. The van der Waals surface area contributed by atoms with E-state index in [0.29, 0.717) is 12.8 Å². The highest BCUT2D eigenvalue weighted by atomic mass is 16.4. The Balaban J connectivity index is 2.33. The van der Waals surface area contributed by atoms with E-state index < -0.39 is 53.8 Å². The molecule has 0 aliphatic carbocycles. The molecule has 0 fully saturated rings. The van der Waals surface area contributed by atoms with E-state index in [1.165, 1.54) is 0 Å². The molecule has 5 atom stereocenters. The number of carboxylic acids is 1. The van der Waals surface area contributed by atoms with Gasteiger partial charge in [0, 0.05) is 29.9 Å². The first-order chi connectivity index (χ1) is 18.8. The van der Waals surface area contributed by atoms with Crippen molar-refractivity contribution in [3.63, 3.8) is 0 Å². The van der Waals surface area contributed by atoms with Crippen molar-refractivity contribution in [3.05, 3.63) is 36.0 Å². The summed E-state index contributed by atoms with van der Waals surface area (Å²) in [6, 6.07) is 3.08. The van der Waals surface area contributed by atoms with Gasteiger partial charge in [0.25, 0.3) is 0 Å². The topological polar surface area (TPSA) is 209 Å². The van der Waals surface area contributed by atoms with Crippen LogP contribution < -0.4 is 27.4 Å². The predicted octanol–water partition coefficient (Wildman–Crippen LogP) is 0.934. The van der Waals surface area contributed by atoms with Gasteiger partial charge in [0.1, 0.15) is 18.1 Å². The molecule has 9 N–H and O–H groups in total. The first-order valence-electron chi connectivity index (χ1n) is 13.6. The monoisotopic (exact) mass is 558 g/mol. The average molecular weight is 559 g/mol. The van der Waals surface area contributed by atoms with E-state index in [2.05, 4.69) is 20.9 Å². The molecule has 0 saturated carbocycles. The number of nitrogens with one attached hydrogen (secondary N) is 4. The Hall–Kier alpha value is -3.93. The van der Waals surface area contributed by atoms with Crippen LogP contribution in [0.5, 0.6) is 0 Å². The number of aromatic amines is 1. The molecule has 12 nitrogen and oxygen atoms in total. The number of amides is 4. The fourth-order valence-corrected chi connectivity index (χ4v) is 4.30. The standard InChI is InChI=1S/C28H42N6O6/c1-5-16(4)24(30)27(38)34-21(12-15(2)3)25(36)33-22(13-17-14-31-19-9-7-6-8-18(17)19)26(37)32-20(28(39)40)10-11-23(29)35/h6-9,14-16,20-22,24,31H,5,10-13,30H2,1-4H3,(H2,29,35)(H,32,37)(H,33,36)(H,34,38)(H,39,40). The van der Waals surface area contributed by atoms with Crippen LogP contribution in [-0.2, 0) is 30.4 Å². The van der Waals surface area contributed by atoms with E-state index in [1.54, 1.807) is 6.20 Å². The third kappa shape index (κ3) is 9.37. The zero-order valence-electron chi connectivity index (χ0n) is 23.5. The molecular weight excluding hydrogens is 516 g/mol. The molecule has 0 saturated heterocycles. The van der Waals surface area contributed by atoms with Crippen molar-refractivity contribution in [2.45, 2.75) is 84.0 Å². The number of benzene rings is 1. The summed E-state index contributed by atoms with van der Waals surface area (Å²) in [5.74, 6) is -3.92. The van der Waals surface area contributed by atoms with E-state index in [-0.39, 0.29) is 31.1 Å². The minimum atomic E-state index is -1.39. The van der Waals surface area contributed by atoms with Gasteiger partial charge >= 0.3 is 5.97 Å². The molecule has 0 spiro atoms. The minimum Gasteiger partial charge on any atom is -0.480 e. The van der Waals surface area contributed by atoms with Gasteiger partial charge < -0.3 is 37.5 Å². The molecule has 5 unspecified atom stereocenters. The Kier molecular flexibility index (Phi) is 12.1. The summed E-state index contributed by atoms with van der Waals surface area (Å²) < 4.78 is 0. The number of carbonyl (C=O) groups excluding carboxylic acids is 4. The maximum Gasteiger partial charge on any atom is 0.326 e. The van der Waals surface area contributed by atoms with Crippen LogP contribution in [-0.4, -0.2) is 63.9 Å². The third-order valence-corrected chi connectivity index (χ3v) is 6.93. The molecular formula is C28H42N6O6. The number of primary amides is 1. The summed E-state index contributed by atoms with van der Waals surface area (Å²) in [4.78, 5) is 65.8. The smallest absolute Gasteiger partial charge is 0.326 e. The summed E-state index contributed by atoms with van der Waals surface area (Å²) in [7, 11) is 0. The lowest BCUT2D eigenvalue weighted by atomic mass is 9.97. The van der Waals surface area contributed by atoms with Crippen LogP contribution in [0.2, 0.25) is 0 Å². The van der Waals surface area contributed by atoms with Crippen molar-refractivity contribution in [3.8, 4) is 0 Å². The first kappa shape index (κ1) is 32.3. The fraction of sp³-hybridized carbons (Fsp3) is 0.536. The maximum atomic E-state index is 13.5. The number of H-pyrrole nitrogens is 1. The quantitative estimate of drug-likeness (QED) is 0.158. The molecule has 1 aromatic carbocycles. The van der Waals surface area contributed by atoms with Crippen LogP contribution in [0, 0.1) is 11.8 Å². The summed E-state index contributed by atoms with van der Waals surface area (Å²) in [5.41, 5.74) is 12.8. The highest BCUT2D eigenvalue weighted by Gasteiger charge is 2.32. The zero-order valence-corrected chi connectivity index (χ0v) is 23.5. The second-order valence-electron chi connectivity index (χ2n) is 10.6. The number of rotatable bonds is 16. The Morgan fingerprint density at radius 1 is 0.925 bits per heavy atom. The number of aromatic nitrogens is 1. The van der Waals surface area contributed by atoms with Crippen LogP contribution in [0.15, 0.2) is 30.5 Å². The summed E-state index contributed by atoms with van der Waals surface area (Å²) in [6.07, 6.45) is 2.29. The molecule has 4 amide bonds. The molecule has 0 bridgehead atoms.